The van der Waals surface area contributed by atoms with Gasteiger partial charge in [-0.05, 0) is 29.4 Å². The van der Waals surface area contributed by atoms with Gasteiger partial charge < -0.3 is 10.8 Å². The largest absolute Gasteiger partial charge is 0.396 e. The third kappa shape index (κ3) is 1.87. The standard InChI is InChI=1S/C14H21NO/c1-10(2)11-3-5-12(6-4-11)13-7-14(13,8-15)9-16/h3-6,10,13,16H,7-9,15H2,1-2H3. The number of nitrogens with two attached hydrogens (primary N) is 1. The van der Waals surface area contributed by atoms with Gasteiger partial charge in [0.15, 0.2) is 0 Å². The highest BCUT2D eigenvalue weighted by Crippen LogP contribution is 2.58. The Morgan fingerprint density at radius 3 is 2.38 bits per heavy atom. The maximum atomic E-state index is 9.35. The average Bonchev–Trinajstić information content (AvgIpc) is 3.04. The van der Waals surface area contributed by atoms with Crippen molar-refractivity contribution < 1.29 is 5.11 Å². The topological polar surface area (TPSA) is 46.2 Å². The molecule has 1 saturated carbocycles. The van der Waals surface area contributed by atoms with E-state index in [2.05, 4.69) is 38.1 Å². The fourth-order valence-corrected chi connectivity index (χ4v) is 2.40. The number of aliphatic hydroxyl groups excluding tert-OH is 1. The second-order valence-electron chi connectivity index (χ2n) is 5.30. The molecule has 0 spiro atoms. The summed E-state index contributed by atoms with van der Waals surface area (Å²) in [4.78, 5) is 0. The number of aliphatic hydroxyl groups is 1. The van der Waals surface area contributed by atoms with E-state index in [4.69, 9.17) is 5.73 Å². The maximum absolute atomic E-state index is 9.35. The average molecular weight is 219 g/mol. The van der Waals surface area contributed by atoms with E-state index in [-0.39, 0.29) is 12.0 Å². The molecule has 1 aromatic rings. The highest BCUT2D eigenvalue weighted by atomic mass is 16.3. The van der Waals surface area contributed by atoms with Crippen LogP contribution in [0.1, 0.15) is 43.2 Å². The Morgan fingerprint density at radius 2 is 2.00 bits per heavy atom. The summed E-state index contributed by atoms with van der Waals surface area (Å²) in [6.07, 6.45) is 1.03. The number of hydrogen-bond donors (Lipinski definition) is 2. The smallest absolute Gasteiger partial charge is 0.0505 e. The zero-order valence-electron chi connectivity index (χ0n) is 10.1. The van der Waals surface area contributed by atoms with Gasteiger partial charge in [0.2, 0.25) is 0 Å². The predicted octanol–water partition coefficient (Wildman–Crippen LogP) is 2.23. The Morgan fingerprint density at radius 1 is 1.38 bits per heavy atom. The van der Waals surface area contributed by atoms with E-state index in [1.54, 1.807) is 0 Å². The summed E-state index contributed by atoms with van der Waals surface area (Å²) in [6, 6.07) is 8.76. The van der Waals surface area contributed by atoms with Crippen LogP contribution >= 0.6 is 0 Å². The summed E-state index contributed by atoms with van der Waals surface area (Å²) >= 11 is 0. The minimum atomic E-state index is -0.0284. The first-order valence-corrected chi connectivity index (χ1v) is 6.04. The molecule has 2 rings (SSSR count). The van der Waals surface area contributed by atoms with Gasteiger partial charge in [-0.1, -0.05) is 38.1 Å². The van der Waals surface area contributed by atoms with Crippen LogP contribution in [0.3, 0.4) is 0 Å². The van der Waals surface area contributed by atoms with Crippen LogP contribution in [0, 0.1) is 5.41 Å². The zero-order chi connectivity index (χ0) is 11.8. The maximum Gasteiger partial charge on any atom is 0.0505 e. The van der Waals surface area contributed by atoms with Crippen molar-refractivity contribution in [2.24, 2.45) is 11.1 Å². The molecule has 2 heteroatoms. The summed E-state index contributed by atoms with van der Waals surface area (Å²) in [6.45, 7) is 5.19. The molecule has 0 amide bonds. The summed E-state index contributed by atoms with van der Waals surface area (Å²) in [7, 11) is 0. The molecule has 0 bridgehead atoms. The van der Waals surface area contributed by atoms with E-state index in [1.807, 2.05) is 0 Å². The highest BCUT2D eigenvalue weighted by molar-refractivity contribution is 5.33. The summed E-state index contributed by atoms with van der Waals surface area (Å²) in [5, 5.41) is 9.35. The van der Waals surface area contributed by atoms with Crippen LogP contribution in [0.4, 0.5) is 0 Å². The lowest BCUT2D eigenvalue weighted by atomic mass is 9.96. The van der Waals surface area contributed by atoms with Gasteiger partial charge >= 0.3 is 0 Å². The molecule has 0 radical (unpaired) electrons. The third-order valence-corrected chi connectivity index (χ3v) is 3.92. The zero-order valence-corrected chi connectivity index (χ0v) is 10.1. The lowest BCUT2D eigenvalue weighted by molar-refractivity contribution is 0.211. The van der Waals surface area contributed by atoms with Crippen LogP contribution < -0.4 is 5.73 Å². The quantitative estimate of drug-likeness (QED) is 0.815. The summed E-state index contributed by atoms with van der Waals surface area (Å²) < 4.78 is 0. The van der Waals surface area contributed by atoms with Gasteiger partial charge in [-0.25, -0.2) is 0 Å². The van der Waals surface area contributed by atoms with Crippen molar-refractivity contribution in [3.63, 3.8) is 0 Å². The SMILES string of the molecule is CC(C)c1ccc(C2CC2(CN)CO)cc1. The third-order valence-electron chi connectivity index (χ3n) is 3.92. The number of benzene rings is 1. The molecule has 3 N–H and O–H groups in total. The molecule has 0 saturated heterocycles. The Kier molecular flexibility index (Phi) is 3.04. The molecule has 2 unspecified atom stereocenters. The minimum absolute atomic E-state index is 0.0284. The van der Waals surface area contributed by atoms with Gasteiger partial charge in [0.1, 0.15) is 0 Å². The van der Waals surface area contributed by atoms with Gasteiger partial charge in [-0.15, -0.1) is 0 Å². The van der Waals surface area contributed by atoms with E-state index in [0.717, 1.165) is 6.42 Å². The summed E-state index contributed by atoms with van der Waals surface area (Å²) in [5.41, 5.74) is 8.39. The van der Waals surface area contributed by atoms with Crippen molar-refractivity contribution in [1.29, 1.82) is 0 Å². The molecule has 0 aliphatic heterocycles. The molecule has 16 heavy (non-hydrogen) atoms. The molecule has 1 aromatic carbocycles. The van der Waals surface area contributed by atoms with E-state index in [9.17, 15) is 5.11 Å². The second-order valence-corrected chi connectivity index (χ2v) is 5.30. The highest BCUT2D eigenvalue weighted by Gasteiger charge is 2.53. The monoisotopic (exact) mass is 219 g/mol. The fourth-order valence-electron chi connectivity index (χ4n) is 2.40. The molecule has 1 aliphatic rings. The van der Waals surface area contributed by atoms with E-state index >= 15 is 0 Å². The Bertz CT molecular complexity index is 352. The van der Waals surface area contributed by atoms with Gasteiger partial charge in [-0.2, -0.15) is 0 Å². The minimum Gasteiger partial charge on any atom is -0.396 e. The van der Waals surface area contributed by atoms with Crippen LogP contribution in [-0.2, 0) is 0 Å². The van der Waals surface area contributed by atoms with Crippen molar-refractivity contribution in [2.75, 3.05) is 13.2 Å². The van der Waals surface area contributed by atoms with E-state index in [1.165, 1.54) is 11.1 Å². The van der Waals surface area contributed by atoms with Crippen LogP contribution in [0.25, 0.3) is 0 Å². The molecular formula is C14H21NO. The number of rotatable bonds is 4. The van der Waals surface area contributed by atoms with E-state index in [0.29, 0.717) is 18.4 Å². The van der Waals surface area contributed by atoms with Crippen molar-refractivity contribution in [2.45, 2.75) is 32.1 Å². The molecule has 0 heterocycles. The predicted molar refractivity (Wildman–Crippen MR) is 66.5 cm³/mol. The van der Waals surface area contributed by atoms with Crippen molar-refractivity contribution >= 4 is 0 Å². The Balaban J connectivity index is 2.13. The molecular weight excluding hydrogens is 198 g/mol. The van der Waals surface area contributed by atoms with Crippen LogP contribution in [-0.4, -0.2) is 18.3 Å². The molecule has 0 aromatic heterocycles. The van der Waals surface area contributed by atoms with Gasteiger partial charge in [-0.3, -0.25) is 0 Å². The molecule has 88 valence electrons. The molecule has 1 aliphatic carbocycles. The first-order chi connectivity index (χ1) is 7.63. The molecule has 1 fully saturated rings. The molecule has 2 nitrogen and oxygen atoms in total. The van der Waals surface area contributed by atoms with Gasteiger partial charge in [0.25, 0.3) is 0 Å². The van der Waals surface area contributed by atoms with Crippen LogP contribution in [0.15, 0.2) is 24.3 Å². The summed E-state index contributed by atoms with van der Waals surface area (Å²) in [5.74, 6) is 1.04. The lowest BCUT2D eigenvalue weighted by Gasteiger charge is -2.12. The Labute approximate surface area is 97.5 Å². The number of hydrogen-bond acceptors (Lipinski definition) is 2. The van der Waals surface area contributed by atoms with Crippen molar-refractivity contribution in [1.82, 2.24) is 0 Å². The first kappa shape index (κ1) is 11.6. The normalized spacial score (nSPS) is 28.4. The van der Waals surface area contributed by atoms with Crippen LogP contribution in [0.5, 0.6) is 0 Å². The van der Waals surface area contributed by atoms with Crippen LogP contribution in [0.2, 0.25) is 0 Å². The van der Waals surface area contributed by atoms with Crippen molar-refractivity contribution in [3.8, 4) is 0 Å². The molecule has 2 atom stereocenters. The lowest BCUT2D eigenvalue weighted by Crippen LogP contribution is -2.21. The second kappa shape index (κ2) is 4.19. The fraction of sp³-hybridized carbons (Fsp3) is 0.571. The van der Waals surface area contributed by atoms with Crippen molar-refractivity contribution in [3.05, 3.63) is 35.4 Å². The van der Waals surface area contributed by atoms with Gasteiger partial charge in [0.05, 0.1) is 6.61 Å². The van der Waals surface area contributed by atoms with Gasteiger partial charge in [0, 0.05) is 12.0 Å². The first-order valence-electron chi connectivity index (χ1n) is 6.04. The van der Waals surface area contributed by atoms with E-state index < -0.39 is 0 Å². The Hall–Kier alpha value is -0.860.